The highest BCUT2D eigenvalue weighted by Gasteiger charge is 2.27. The lowest BCUT2D eigenvalue weighted by Gasteiger charge is -2.16. The molecule has 0 unspecified atom stereocenters. The third-order valence-electron chi connectivity index (χ3n) is 3.24. The fraction of sp³-hybridized carbons (Fsp3) is 0.467. The van der Waals surface area contributed by atoms with E-state index in [2.05, 4.69) is 10.3 Å². The van der Waals surface area contributed by atoms with E-state index in [9.17, 15) is 4.79 Å². The Labute approximate surface area is 148 Å². The zero-order valence-electron chi connectivity index (χ0n) is 12.9. The van der Waals surface area contributed by atoms with Crippen molar-refractivity contribution in [2.75, 3.05) is 25.5 Å². The number of carbonyl (C=O) groups excluding carboxylic acids is 1. The van der Waals surface area contributed by atoms with Crippen molar-refractivity contribution in [3.8, 4) is 5.75 Å². The Morgan fingerprint density at radius 2 is 2.23 bits per heavy atom. The quantitative estimate of drug-likeness (QED) is 0.321. The van der Waals surface area contributed by atoms with Gasteiger partial charge in [0.2, 0.25) is 5.91 Å². The van der Waals surface area contributed by atoms with Crippen LogP contribution < -0.4 is 15.8 Å². The monoisotopic (exact) mass is 418 g/mol. The number of nitrogens with zero attached hydrogens (tertiary/aromatic N) is 2. The van der Waals surface area contributed by atoms with E-state index in [1.807, 2.05) is 30.1 Å². The second kappa shape index (κ2) is 8.82. The molecular formula is C15H23IN4O2. The molecule has 22 heavy (non-hydrogen) atoms. The van der Waals surface area contributed by atoms with E-state index in [-0.39, 0.29) is 29.9 Å². The van der Waals surface area contributed by atoms with Crippen LogP contribution in [0.15, 0.2) is 29.3 Å². The van der Waals surface area contributed by atoms with Gasteiger partial charge in [0.15, 0.2) is 5.96 Å². The van der Waals surface area contributed by atoms with Gasteiger partial charge in [-0.3, -0.25) is 4.79 Å². The van der Waals surface area contributed by atoms with E-state index in [4.69, 9.17) is 10.5 Å². The molecule has 0 bridgehead atoms. The van der Waals surface area contributed by atoms with Crippen LogP contribution >= 0.6 is 24.0 Å². The van der Waals surface area contributed by atoms with Crippen molar-refractivity contribution in [2.45, 2.75) is 25.8 Å². The minimum Gasteiger partial charge on any atom is -0.492 e. The Hall–Kier alpha value is -1.51. The second-order valence-corrected chi connectivity index (χ2v) is 5.14. The largest absolute Gasteiger partial charge is 0.492 e. The first kappa shape index (κ1) is 18.5. The molecule has 0 saturated heterocycles. The van der Waals surface area contributed by atoms with Gasteiger partial charge in [0.05, 0.1) is 6.54 Å². The summed E-state index contributed by atoms with van der Waals surface area (Å²) < 4.78 is 5.60. The van der Waals surface area contributed by atoms with E-state index >= 15 is 0 Å². The highest BCUT2D eigenvalue weighted by Crippen LogP contribution is 2.24. The maximum atomic E-state index is 11.0. The SMILES string of the molecule is CC(=O)Nc1cccc(OCCN=C(N)N(C)C2CC2)c1.I. The van der Waals surface area contributed by atoms with Gasteiger partial charge >= 0.3 is 0 Å². The zero-order chi connectivity index (χ0) is 15.2. The van der Waals surface area contributed by atoms with Gasteiger partial charge in [-0.2, -0.15) is 0 Å². The van der Waals surface area contributed by atoms with Crippen LogP contribution in [0.4, 0.5) is 5.69 Å². The van der Waals surface area contributed by atoms with Crippen LogP contribution in [0.1, 0.15) is 19.8 Å². The first-order chi connectivity index (χ1) is 10.1. The number of amides is 1. The zero-order valence-corrected chi connectivity index (χ0v) is 15.2. The maximum Gasteiger partial charge on any atom is 0.221 e. The van der Waals surface area contributed by atoms with Gasteiger partial charge in [-0.25, -0.2) is 4.99 Å². The first-order valence-electron chi connectivity index (χ1n) is 7.09. The van der Waals surface area contributed by atoms with Crippen LogP contribution in [0.5, 0.6) is 5.75 Å². The summed E-state index contributed by atoms with van der Waals surface area (Å²) in [4.78, 5) is 17.3. The Kier molecular flexibility index (Phi) is 7.43. The number of anilines is 1. The minimum atomic E-state index is -0.104. The molecule has 1 saturated carbocycles. The summed E-state index contributed by atoms with van der Waals surface area (Å²) in [5.41, 5.74) is 6.61. The third kappa shape index (κ3) is 6.08. The molecule has 7 heteroatoms. The number of nitrogens with two attached hydrogens (primary N) is 1. The summed E-state index contributed by atoms with van der Waals surface area (Å²) >= 11 is 0. The number of benzene rings is 1. The smallest absolute Gasteiger partial charge is 0.221 e. The lowest BCUT2D eigenvalue weighted by atomic mass is 10.3. The Balaban J connectivity index is 0.00000242. The van der Waals surface area contributed by atoms with Crippen molar-refractivity contribution in [2.24, 2.45) is 10.7 Å². The molecule has 1 aliphatic rings. The van der Waals surface area contributed by atoms with E-state index in [0.717, 1.165) is 5.69 Å². The van der Waals surface area contributed by atoms with Crippen LogP contribution in [-0.4, -0.2) is 43.0 Å². The van der Waals surface area contributed by atoms with Gasteiger partial charge < -0.3 is 20.7 Å². The second-order valence-electron chi connectivity index (χ2n) is 5.14. The van der Waals surface area contributed by atoms with E-state index < -0.39 is 0 Å². The number of halogens is 1. The van der Waals surface area contributed by atoms with E-state index in [0.29, 0.717) is 30.9 Å². The molecule has 1 aliphatic carbocycles. The Morgan fingerprint density at radius 1 is 1.50 bits per heavy atom. The summed E-state index contributed by atoms with van der Waals surface area (Å²) in [6.07, 6.45) is 2.39. The number of aliphatic imine (C=N–C) groups is 1. The van der Waals surface area contributed by atoms with Crippen LogP contribution in [0.25, 0.3) is 0 Å². The normalized spacial score (nSPS) is 14.0. The fourth-order valence-corrected chi connectivity index (χ4v) is 1.95. The highest BCUT2D eigenvalue weighted by molar-refractivity contribution is 14.0. The number of carbonyl (C=O) groups is 1. The summed E-state index contributed by atoms with van der Waals surface area (Å²) in [6.45, 7) is 2.43. The number of nitrogens with one attached hydrogen (secondary N) is 1. The van der Waals surface area contributed by atoms with Crippen molar-refractivity contribution in [3.05, 3.63) is 24.3 Å². The molecule has 6 nitrogen and oxygen atoms in total. The van der Waals surface area contributed by atoms with Crippen molar-refractivity contribution < 1.29 is 9.53 Å². The average molecular weight is 418 g/mol. The number of rotatable bonds is 6. The maximum absolute atomic E-state index is 11.0. The molecule has 0 radical (unpaired) electrons. The third-order valence-corrected chi connectivity index (χ3v) is 3.24. The lowest BCUT2D eigenvalue weighted by molar-refractivity contribution is -0.114. The predicted octanol–water partition coefficient (Wildman–Crippen LogP) is 2.05. The molecule has 2 rings (SSSR count). The van der Waals surface area contributed by atoms with Crippen molar-refractivity contribution >= 4 is 41.5 Å². The number of guanidine groups is 1. The Morgan fingerprint density at radius 3 is 2.86 bits per heavy atom. The predicted molar refractivity (Wildman–Crippen MR) is 98.9 cm³/mol. The Bertz CT molecular complexity index is 532. The van der Waals surface area contributed by atoms with Crippen LogP contribution in [0, 0.1) is 0 Å². The van der Waals surface area contributed by atoms with Gasteiger partial charge in [0.25, 0.3) is 0 Å². The molecule has 1 aromatic rings. The molecule has 1 amide bonds. The molecule has 0 atom stereocenters. The molecule has 0 heterocycles. The molecule has 0 aliphatic heterocycles. The average Bonchev–Trinajstić information content (AvgIpc) is 3.26. The number of ether oxygens (including phenoxy) is 1. The van der Waals surface area contributed by atoms with Gasteiger partial charge in [0.1, 0.15) is 12.4 Å². The molecule has 1 aromatic carbocycles. The summed E-state index contributed by atoms with van der Waals surface area (Å²) in [5.74, 6) is 1.16. The van der Waals surface area contributed by atoms with E-state index in [1.54, 1.807) is 6.07 Å². The molecule has 0 spiro atoms. The molecule has 0 aromatic heterocycles. The van der Waals surface area contributed by atoms with Crippen LogP contribution in [-0.2, 0) is 4.79 Å². The summed E-state index contributed by atoms with van der Waals surface area (Å²) in [5, 5.41) is 2.71. The number of hydrogen-bond donors (Lipinski definition) is 2. The van der Waals surface area contributed by atoms with Crippen LogP contribution in [0.2, 0.25) is 0 Å². The van der Waals surface area contributed by atoms with Gasteiger partial charge in [0, 0.05) is 31.8 Å². The minimum absolute atomic E-state index is 0. The standard InChI is InChI=1S/C15H22N4O2.HI/c1-11(20)18-12-4-3-5-14(10-12)21-9-8-17-15(16)19(2)13-6-7-13;/h3-5,10,13H,6-9H2,1-2H3,(H2,16,17)(H,18,20);1H. The first-order valence-corrected chi connectivity index (χ1v) is 7.09. The van der Waals surface area contributed by atoms with Crippen molar-refractivity contribution in [1.82, 2.24) is 4.90 Å². The van der Waals surface area contributed by atoms with Gasteiger partial charge in [-0.15, -0.1) is 24.0 Å². The molecule has 3 N–H and O–H groups in total. The van der Waals surface area contributed by atoms with Gasteiger partial charge in [-0.1, -0.05) is 6.07 Å². The van der Waals surface area contributed by atoms with Crippen LogP contribution in [0.3, 0.4) is 0 Å². The fourth-order valence-electron chi connectivity index (χ4n) is 1.95. The lowest BCUT2D eigenvalue weighted by Crippen LogP contribution is -2.36. The number of hydrogen-bond acceptors (Lipinski definition) is 3. The van der Waals surface area contributed by atoms with Crippen molar-refractivity contribution in [1.29, 1.82) is 0 Å². The summed E-state index contributed by atoms with van der Waals surface area (Å²) in [7, 11) is 1.97. The molecule has 122 valence electrons. The highest BCUT2D eigenvalue weighted by atomic mass is 127. The van der Waals surface area contributed by atoms with E-state index in [1.165, 1.54) is 19.8 Å². The molecule has 1 fully saturated rings. The van der Waals surface area contributed by atoms with Gasteiger partial charge in [-0.05, 0) is 25.0 Å². The van der Waals surface area contributed by atoms with Crippen molar-refractivity contribution in [3.63, 3.8) is 0 Å². The molecular weight excluding hydrogens is 395 g/mol. The summed E-state index contributed by atoms with van der Waals surface area (Å²) in [6, 6.07) is 7.83. The topological polar surface area (TPSA) is 79.9 Å².